The number of sulfonamides is 1. The summed E-state index contributed by atoms with van der Waals surface area (Å²) in [6.45, 7) is 6.90. The molecule has 1 N–H and O–H groups in total. The molecule has 1 aliphatic rings. The average molecular weight is 532 g/mol. The van der Waals surface area contributed by atoms with Crippen LogP contribution in [0.3, 0.4) is 0 Å². The van der Waals surface area contributed by atoms with Crippen LogP contribution < -0.4 is 19.1 Å². The minimum absolute atomic E-state index is 0.0906. The van der Waals surface area contributed by atoms with Crippen LogP contribution in [0.4, 0.5) is 5.69 Å². The van der Waals surface area contributed by atoms with Gasteiger partial charge in [0.25, 0.3) is 0 Å². The Kier molecular flexibility index (Phi) is 9.79. The van der Waals surface area contributed by atoms with E-state index in [1.54, 1.807) is 23.1 Å². The SMILES string of the molecule is CCCNC(=O)C(CC)N(Cc1ccccc1C)C(=O)CCCN(c1ccc2c(c1)OCO2)S(C)(=O)=O. The first-order chi connectivity index (χ1) is 17.7. The zero-order chi connectivity index (χ0) is 27.0. The largest absolute Gasteiger partial charge is 0.454 e. The monoisotopic (exact) mass is 531 g/mol. The van der Waals surface area contributed by atoms with Gasteiger partial charge in [-0.15, -0.1) is 0 Å². The maximum Gasteiger partial charge on any atom is 0.242 e. The zero-order valence-corrected chi connectivity index (χ0v) is 22.8. The number of nitrogens with one attached hydrogen (secondary N) is 1. The molecule has 0 radical (unpaired) electrons. The van der Waals surface area contributed by atoms with Crippen LogP contribution in [0.1, 0.15) is 50.7 Å². The lowest BCUT2D eigenvalue weighted by molar-refractivity contribution is -0.141. The van der Waals surface area contributed by atoms with Crippen LogP contribution in [0.25, 0.3) is 0 Å². The standard InChI is InChI=1S/C27H37N3O6S/c1-5-15-28-27(32)23(6-2)29(18-21-11-8-7-10-20(21)3)26(31)12-9-16-30(37(4,33)34)22-13-14-24-25(17-22)36-19-35-24/h7-8,10-11,13-14,17,23H,5-6,9,12,15-16,18-19H2,1-4H3,(H,28,32). The molecule has 0 bridgehead atoms. The van der Waals surface area contributed by atoms with Gasteiger partial charge in [-0.25, -0.2) is 8.42 Å². The number of carbonyl (C=O) groups excluding carboxylic acids is 2. The summed E-state index contributed by atoms with van der Waals surface area (Å²) in [7, 11) is -3.60. The topological polar surface area (TPSA) is 105 Å². The van der Waals surface area contributed by atoms with E-state index in [9.17, 15) is 18.0 Å². The van der Waals surface area contributed by atoms with Gasteiger partial charge in [-0.05, 0) is 49.4 Å². The molecular formula is C27H37N3O6S. The van der Waals surface area contributed by atoms with Crippen molar-refractivity contribution in [3.63, 3.8) is 0 Å². The fraction of sp³-hybridized carbons (Fsp3) is 0.481. The average Bonchev–Trinajstić information content (AvgIpc) is 3.33. The van der Waals surface area contributed by atoms with E-state index < -0.39 is 16.1 Å². The predicted molar refractivity (Wildman–Crippen MR) is 143 cm³/mol. The third-order valence-electron chi connectivity index (χ3n) is 6.33. The van der Waals surface area contributed by atoms with Crippen LogP contribution in [-0.2, 0) is 26.2 Å². The van der Waals surface area contributed by atoms with Gasteiger partial charge in [-0.3, -0.25) is 13.9 Å². The molecule has 9 nitrogen and oxygen atoms in total. The van der Waals surface area contributed by atoms with Crippen molar-refractivity contribution in [1.29, 1.82) is 0 Å². The summed E-state index contributed by atoms with van der Waals surface area (Å²) in [4.78, 5) is 28.1. The predicted octanol–water partition coefficient (Wildman–Crippen LogP) is 3.60. The molecular weight excluding hydrogens is 494 g/mol. The van der Waals surface area contributed by atoms with Gasteiger partial charge in [0.05, 0.1) is 11.9 Å². The summed E-state index contributed by atoms with van der Waals surface area (Å²) in [6, 6.07) is 12.1. The fourth-order valence-electron chi connectivity index (χ4n) is 4.30. The number of anilines is 1. The number of nitrogens with zero attached hydrogens (tertiary/aromatic N) is 2. The highest BCUT2D eigenvalue weighted by atomic mass is 32.2. The second-order valence-corrected chi connectivity index (χ2v) is 11.0. The quantitative estimate of drug-likeness (QED) is 0.423. The molecule has 0 saturated carbocycles. The van der Waals surface area contributed by atoms with Crippen molar-refractivity contribution in [3.05, 3.63) is 53.6 Å². The molecule has 1 aliphatic heterocycles. The minimum Gasteiger partial charge on any atom is -0.454 e. The molecule has 202 valence electrons. The maximum absolute atomic E-state index is 13.5. The summed E-state index contributed by atoms with van der Waals surface area (Å²) in [5, 5.41) is 2.91. The van der Waals surface area contributed by atoms with Gasteiger partial charge in [0.15, 0.2) is 11.5 Å². The van der Waals surface area contributed by atoms with Crippen molar-refractivity contribution < 1.29 is 27.5 Å². The number of hydrogen-bond acceptors (Lipinski definition) is 6. The van der Waals surface area contributed by atoms with Crippen molar-refractivity contribution >= 4 is 27.5 Å². The van der Waals surface area contributed by atoms with Crippen LogP contribution in [0, 0.1) is 6.92 Å². The molecule has 2 aromatic rings. The Morgan fingerprint density at radius 1 is 1.08 bits per heavy atom. The molecule has 1 heterocycles. The Morgan fingerprint density at radius 3 is 2.49 bits per heavy atom. The summed E-state index contributed by atoms with van der Waals surface area (Å²) in [6.07, 6.45) is 2.79. The molecule has 1 atom stereocenters. The number of benzene rings is 2. The van der Waals surface area contributed by atoms with Gasteiger partial charge >= 0.3 is 0 Å². The summed E-state index contributed by atoms with van der Waals surface area (Å²) >= 11 is 0. The smallest absolute Gasteiger partial charge is 0.242 e. The van der Waals surface area contributed by atoms with E-state index in [4.69, 9.17) is 9.47 Å². The molecule has 2 aromatic carbocycles. The lowest BCUT2D eigenvalue weighted by Gasteiger charge is -2.31. The Morgan fingerprint density at radius 2 is 1.81 bits per heavy atom. The highest BCUT2D eigenvalue weighted by molar-refractivity contribution is 7.92. The third-order valence-corrected chi connectivity index (χ3v) is 7.53. The molecule has 10 heteroatoms. The third kappa shape index (κ3) is 7.38. The van der Waals surface area contributed by atoms with Crippen molar-refractivity contribution in [2.24, 2.45) is 0 Å². The van der Waals surface area contributed by atoms with Gasteiger partial charge in [0, 0.05) is 32.1 Å². The van der Waals surface area contributed by atoms with Gasteiger partial charge in [0.2, 0.25) is 28.6 Å². The van der Waals surface area contributed by atoms with Crippen molar-refractivity contribution in [2.45, 2.75) is 59.0 Å². The van der Waals surface area contributed by atoms with Crippen molar-refractivity contribution in [1.82, 2.24) is 10.2 Å². The minimum atomic E-state index is -3.60. The summed E-state index contributed by atoms with van der Waals surface area (Å²) in [5.74, 6) is 0.673. The highest BCUT2D eigenvalue weighted by Gasteiger charge is 2.29. The van der Waals surface area contributed by atoms with E-state index in [0.29, 0.717) is 36.7 Å². The lowest BCUT2D eigenvalue weighted by Crippen LogP contribution is -2.49. The van der Waals surface area contributed by atoms with Crippen molar-refractivity contribution in [2.75, 3.05) is 30.4 Å². The van der Waals surface area contributed by atoms with Crippen LogP contribution in [0.15, 0.2) is 42.5 Å². The van der Waals surface area contributed by atoms with E-state index >= 15 is 0 Å². The number of aryl methyl sites for hydroxylation is 1. The van der Waals surface area contributed by atoms with Crippen molar-refractivity contribution in [3.8, 4) is 11.5 Å². The number of amides is 2. The Labute approximate surface area is 219 Å². The van der Waals surface area contributed by atoms with Crippen LogP contribution in [0.5, 0.6) is 11.5 Å². The van der Waals surface area contributed by atoms with E-state index in [1.807, 2.05) is 45.0 Å². The van der Waals surface area contributed by atoms with Gasteiger partial charge in [-0.2, -0.15) is 0 Å². The fourth-order valence-corrected chi connectivity index (χ4v) is 5.26. The molecule has 3 rings (SSSR count). The first kappa shape index (κ1) is 28.3. The van der Waals surface area contributed by atoms with E-state index in [1.165, 1.54) is 4.31 Å². The molecule has 1 unspecified atom stereocenters. The Hall–Kier alpha value is -3.27. The van der Waals surface area contributed by atoms with Gasteiger partial charge < -0.3 is 19.7 Å². The van der Waals surface area contributed by atoms with E-state index in [0.717, 1.165) is 23.8 Å². The van der Waals surface area contributed by atoms with E-state index in [-0.39, 0.29) is 38.0 Å². The zero-order valence-electron chi connectivity index (χ0n) is 22.0. The second kappa shape index (κ2) is 12.8. The molecule has 0 aromatic heterocycles. The number of fused-ring (bicyclic) bond motifs is 1. The normalized spacial score (nSPS) is 13.2. The molecule has 0 spiro atoms. The van der Waals surface area contributed by atoms with Crippen LogP contribution in [-0.4, -0.2) is 57.3 Å². The highest BCUT2D eigenvalue weighted by Crippen LogP contribution is 2.36. The van der Waals surface area contributed by atoms with Gasteiger partial charge in [-0.1, -0.05) is 38.1 Å². The molecule has 37 heavy (non-hydrogen) atoms. The first-order valence-electron chi connectivity index (χ1n) is 12.6. The Bertz CT molecular complexity index is 1200. The number of hydrogen-bond donors (Lipinski definition) is 1. The Balaban J connectivity index is 1.76. The lowest BCUT2D eigenvalue weighted by atomic mass is 10.1. The number of ether oxygens (including phenoxy) is 2. The molecule has 0 aliphatic carbocycles. The number of rotatable bonds is 13. The molecule has 2 amide bonds. The maximum atomic E-state index is 13.5. The van der Waals surface area contributed by atoms with Crippen LogP contribution >= 0.6 is 0 Å². The number of carbonyl (C=O) groups is 2. The molecule has 0 saturated heterocycles. The van der Waals surface area contributed by atoms with E-state index in [2.05, 4.69) is 5.32 Å². The second-order valence-electron chi connectivity index (χ2n) is 9.14. The summed E-state index contributed by atoms with van der Waals surface area (Å²) in [5.41, 5.74) is 2.45. The van der Waals surface area contributed by atoms with Gasteiger partial charge in [0.1, 0.15) is 6.04 Å². The summed E-state index contributed by atoms with van der Waals surface area (Å²) < 4.78 is 37.1. The van der Waals surface area contributed by atoms with Crippen LogP contribution in [0.2, 0.25) is 0 Å². The molecule has 0 fully saturated rings. The first-order valence-corrected chi connectivity index (χ1v) is 14.5.